The van der Waals surface area contributed by atoms with Crippen molar-refractivity contribution < 1.29 is 14.6 Å². The lowest BCUT2D eigenvalue weighted by Gasteiger charge is -2.27. The molecule has 2 N–H and O–H groups in total. The average Bonchev–Trinajstić information content (AvgIpc) is 3.02. The molecule has 0 atom stereocenters. The van der Waals surface area contributed by atoms with Gasteiger partial charge in [0.15, 0.2) is 0 Å². The number of aliphatic hydroxyl groups excluding tert-OH is 1. The summed E-state index contributed by atoms with van der Waals surface area (Å²) >= 11 is 0. The van der Waals surface area contributed by atoms with Crippen LogP contribution in [0.3, 0.4) is 0 Å². The van der Waals surface area contributed by atoms with E-state index in [1.807, 2.05) is 16.9 Å². The molecule has 0 unspecified atom stereocenters. The van der Waals surface area contributed by atoms with E-state index in [0.717, 1.165) is 42.3 Å². The first-order valence-electron chi connectivity index (χ1n) is 8.06. The largest absolute Gasteiger partial charge is 0.465 e. The Balaban J connectivity index is 1.91. The summed E-state index contributed by atoms with van der Waals surface area (Å²) in [6.45, 7) is 0.280. The molecule has 0 bridgehead atoms. The molecular weight excluding hydrogens is 294 g/mol. The van der Waals surface area contributed by atoms with Crippen LogP contribution in [0.4, 0.5) is 5.69 Å². The Bertz CT molecular complexity index is 702. The van der Waals surface area contributed by atoms with Crippen molar-refractivity contribution in [2.75, 3.05) is 26.1 Å². The molecule has 6 heteroatoms. The minimum atomic E-state index is -0.366. The lowest BCUT2D eigenvalue weighted by Crippen LogP contribution is -2.20. The van der Waals surface area contributed by atoms with Gasteiger partial charge in [-0.15, -0.1) is 0 Å². The molecule has 0 amide bonds. The monoisotopic (exact) mass is 317 g/mol. The van der Waals surface area contributed by atoms with Crippen LogP contribution in [-0.4, -0.2) is 41.6 Å². The van der Waals surface area contributed by atoms with Gasteiger partial charge in [-0.2, -0.15) is 5.10 Å². The molecule has 0 spiro atoms. The van der Waals surface area contributed by atoms with E-state index in [0.29, 0.717) is 17.5 Å². The molecule has 1 aliphatic rings. The number of methoxy groups -OCH3 is 1. The first kappa shape index (κ1) is 15.8. The first-order valence-corrected chi connectivity index (χ1v) is 8.06. The summed E-state index contributed by atoms with van der Waals surface area (Å²) in [7, 11) is 3.17. The van der Waals surface area contributed by atoms with E-state index < -0.39 is 0 Å². The second kappa shape index (κ2) is 6.58. The van der Waals surface area contributed by atoms with Gasteiger partial charge < -0.3 is 15.2 Å². The Morgan fingerprint density at radius 1 is 1.39 bits per heavy atom. The average molecular weight is 317 g/mol. The predicted octanol–water partition coefficient (Wildman–Crippen LogP) is 2.59. The van der Waals surface area contributed by atoms with Crippen LogP contribution < -0.4 is 5.32 Å². The summed E-state index contributed by atoms with van der Waals surface area (Å²) in [5, 5.41) is 18.0. The maximum absolute atomic E-state index is 11.9. The van der Waals surface area contributed by atoms with Crippen molar-refractivity contribution >= 4 is 22.6 Å². The topological polar surface area (TPSA) is 76.4 Å². The zero-order valence-electron chi connectivity index (χ0n) is 13.6. The molecule has 23 heavy (non-hydrogen) atoms. The molecular formula is C17H23N3O3. The van der Waals surface area contributed by atoms with Crippen LogP contribution in [-0.2, 0) is 4.74 Å². The number of carbonyl (C=O) groups excluding carboxylic acids is 1. The van der Waals surface area contributed by atoms with E-state index in [9.17, 15) is 9.90 Å². The summed E-state index contributed by atoms with van der Waals surface area (Å²) < 4.78 is 6.85. The number of hydrogen-bond acceptors (Lipinski definition) is 5. The van der Waals surface area contributed by atoms with E-state index in [1.54, 1.807) is 13.1 Å². The van der Waals surface area contributed by atoms with Gasteiger partial charge in [0.1, 0.15) is 0 Å². The number of aromatic nitrogens is 2. The summed E-state index contributed by atoms with van der Waals surface area (Å²) in [4.78, 5) is 11.9. The van der Waals surface area contributed by atoms with Gasteiger partial charge in [0, 0.05) is 30.9 Å². The van der Waals surface area contributed by atoms with Gasteiger partial charge in [-0.3, -0.25) is 4.68 Å². The second-order valence-corrected chi connectivity index (χ2v) is 6.16. The summed E-state index contributed by atoms with van der Waals surface area (Å²) in [5.41, 5.74) is 2.04. The third-order valence-electron chi connectivity index (χ3n) is 4.78. The number of hydrogen-bond donors (Lipinski definition) is 2. The number of ether oxygens (including phenoxy) is 1. The SMILES string of the molecule is CNc1cc2cn(C3CCC(CO)CC3)nc2cc1C(=O)OC. The molecule has 1 fully saturated rings. The highest BCUT2D eigenvalue weighted by molar-refractivity contribution is 6.00. The van der Waals surface area contributed by atoms with Gasteiger partial charge in [-0.1, -0.05) is 0 Å². The minimum Gasteiger partial charge on any atom is -0.465 e. The Hall–Kier alpha value is -2.08. The number of nitrogens with one attached hydrogen (secondary N) is 1. The molecule has 2 aromatic rings. The van der Waals surface area contributed by atoms with Gasteiger partial charge in [-0.25, -0.2) is 4.79 Å². The summed E-state index contributed by atoms with van der Waals surface area (Å²) in [6.07, 6.45) is 6.17. The predicted molar refractivity (Wildman–Crippen MR) is 88.7 cm³/mol. The van der Waals surface area contributed by atoms with Crippen LogP contribution in [0.25, 0.3) is 10.9 Å². The summed E-state index contributed by atoms with van der Waals surface area (Å²) in [5.74, 6) is 0.0623. The zero-order valence-corrected chi connectivity index (χ0v) is 13.6. The molecule has 0 saturated heterocycles. The summed E-state index contributed by atoms with van der Waals surface area (Å²) in [6, 6.07) is 4.08. The van der Waals surface area contributed by atoms with Crippen LogP contribution in [0.1, 0.15) is 42.1 Å². The third kappa shape index (κ3) is 3.03. The highest BCUT2D eigenvalue weighted by atomic mass is 16.5. The fraction of sp³-hybridized carbons (Fsp3) is 0.529. The first-order chi connectivity index (χ1) is 11.2. The normalized spacial score (nSPS) is 21.3. The molecule has 1 heterocycles. The second-order valence-electron chi connectivity index (χ2n) is 6.16. The fourth-order valence-electron chi connectivity index (χ4n) is 3.36. The van der Waals surface area contributed by atoms with Crippen molar-refractivity contribution in [2.24, 2.45) is 5.92 Å². The van der Waals surface area contributed by atoms with E-state index >= 15 is 0 Å². The highest BCUT2D eigenvalue weighted by Crippen LogP contribution is 2.33. The molecule has 1 saturated carbocycles. The Labute approximate surface area is 135 Å². The standard InChI is InChI=1S/C17H23N3O3/c1-18-16-7-12-9-20(13-5-3-11(10-21)4-6-13)19-15(12)8-14(16)17(22)23-2/h7-9,11,13,18,21H,3-6,10H2,1-2H3. The van der Waals surface area contributed by atoms with E-state index in [-0.39, 0.29) is 12.6 Å². The smallest absolute Gasteiger partial charge is 0.340 e. The maximum atomic E-state index is 11.9. The number of benzene rings is 1. The Kier molecular flexibility index (Phi) is 4.52. The van der Waals surface area contributed by atoms with E-state index in [4.69, 9.17) is 4.74 Å². The number of fused-ring (bicyclic) bond motifs is 1. The molecule has 0 radical (unpaired) electrons. The third-order valence-corrected chi connectivity index (χ3v) is 4.78. The molecule has 0 aliphatic heterocycles. The molecule has 6 nitrogen and oxygen atoms in total. The van der Waals surface area contributed by atoms with Crippen LogP contribution in [0.2, 0.25) is 0 Å². The highest BCUT2D eigenvalue weighted by Gasteiger charge is 2.23. The number of aliphatic hydroxyl groups is 1. The quantitative estimate of drug-likeness (QED) is 0.848. The van der Waals surface area contributed by atoms with E-state index in [1.165, 1.54) is 7.11 Å². The van der Waals surface area contributed by atoms with Crippen molar-refractivity contribution in [2.45, 2.75) is 31.7 Å². The van der Waals surface area contributed by atoms with Crippen LogP contribution >= 0.6 is 0 Å². The Morgan fingerprint density at radius 2 is 2.13 bits per heavy atom. The van der Waals surface area contributed by atoms with Crippen molar-refractivity contribution in [1.82, 2.24) is 9.78 Å². The van der Waals surface area contributed by atoms with Crippen molar-refractivity contribution in [3.05, 3.63) is 23.9 Å². The lowest BCUT2D eigenvalue weighted by atomic mass is 9.87. The number of carbonyl (C=O) groups is 1. The van der Waals surface area contributed by atoms with Crippen LogP contribution in [0.15, 0.2) is 18.3 Å². The number of esters is 1. The van der Waals surface area contributed by atoms with Gasteiger partial charge in [0.05, 0.1) is 24.2 Å². The van der Waals surface area contributed by atoms with E-state index in [2.05, 4.69) is 10.4 Å². The number of nitrogens with zero attached hydrogens (tertiary/aromatic N) is 2. The molecule has 3 rings (SSSR count). The van der Waals surface area contributed by atoms with Gasteiger partial charge in [0.2, 0.25) is 0 Å². The molecule has 1 aromatic carbocycles. The maximum Gasteiger partial charge on any atom is 0.340 e. The van der Waals surface area contributed by atoms with Crippen LogP contribution in [0, 0.1) is 5.92 Å². The molecule has 1 aliphatic carbocycles. The van der Waals surface area contributed by atoms with Crippen molar-refractivity contribution in [3.8, 4) is 0 Å². The van der Waals surface area contributed by atoms with Crippen molar-refractivity contribution in [1.29, 1.82) is 0 Å². The van der Waals surface area contributed by atoms with Crippen LogP contribution in [0.5, 0.6) is 0 Å². The zero-order chi connectivity index (χ0) is 16.4. The molecule has 1 aromatic heterocycles. The fourth-order valence-corrected chi connectivity index (χ4v) is 3.36. The minimum absolute atomic E-state index is 0.280. The number of rotatable bonds is 4. The van der Waals surface area contributed by atoms with Gasteiger partial charge >= 0.3 is 5.97 Å². The number of anilines is 1. The van der Waals surface area contributed by atoms with Gasteiger partial charge in [0.25, 0.3) is 0 Å². The Morgan fingerprint density at radius 3 is 2.74 bits per heavy atom. The lowest BCUT2D eigenvalue weighted by molar-refractivity contribution is 0.0602. The molecule has 124 valence electrons. The van der Waals surface area contributed by atoms with Crippen molar-refractivity contribution in [3.63, 3.8) is 0 Å². The van der Waals surface area contributed by atoms with Gasteiger partial charge in [-0.05, 0) is 43.7 Å².